The molecule has 116 valence electrons. The predicted molar refractivity (Wildman–Crippen MR) is 86.8 cm³/mol. The minimum Gasteiger partial charge on any atom is -0.489 e. The van der Waals surface area contributed by atoms with E-state index in [1.54, 1.807) is 0 Å². The molecule has 0 aliphatic heterocycles. The molecule has 0 saturated heterocycles. The van der Waals surface area contributed by atoms with Crippen LogP contribution in [0.5, 0.6) is 5.75 Å². The van der Waals surface area contributed by atoms with Crippen molar-refractivity contribution < 1.29 is 14.6 Å². The van der Waals surface area contributed by atoms with Crippen LogP contribution in [-0.2, 0) is 11.4 Å². The van der Waals surface area contributed by atoms with E-state index in [2.05, 4.69) is 5.32 Å². The fourth-order valence-corrected chi connectivity index (χ4v) is 2.13. The Morgan fingerprint density at radius 3 is 2.59 bits per heavy atom. The van der Waals surface area contributed by atoms with E-state index < -0.39 is 6.10 Å². The molecule has 22 heavy (non-hydrogen) atoms. The van der Waals surface area contributed by atoms with Gasteiger partial charge >= 0.3 is 0 Å². The highest BCUT2D eigenvalue weighted by molar-refractivity contribution is 5.88. The number of hydrogen-bond acceptors (Lipinski definition) is 3. The molecule has 0 saturated carbocycles. The van der Waals surface area contributed by atoms with Gasteiger partial charge in [0.1, 0.15) is 12.4 Å². The second-order valence-electron chi connectivity index (χ2n) is 5.16. The molecule has 2 aromatic rings. The van der Waals surface area contributed by atoms with Gasteiger partial charge in [0.2, 0.25) is 5.91 Å². The second-order valence-corrected chi connectivity index (χ2v) is 5.16. The van der Waals surface area contributed by atoms with Crippen LogP contribution in [-0.4, -0.2) is 11.0 Å². The summed E-state index contributed by atoms with van der Waals surface area (Å²) < 4.78 is 5.73. The average Bonchev–Trinajstić information content (AvgIpc) is 2.52. The number of aliphatic hydroxyl groups is 1. The Hall–Kier alpha value is -2.33. The van der Waals surface area contributed by atoms with Crippen molar-refractivity contribution in [2.24, 2.45) is 0 Å². The van der Waals surface area contributed by atoms with Gasteiger partial charge in [-0.1, -0.05) is 31.2 Å². The quantitative estimate of drug-likeness (QED) is 0.855. The Bertz CT molecular complexity index is 622. The molecule has 1 amide bonds. The maximum Gasteiger partial charge on any atom is 0.221 e. The van der Waals surface area contributed by atoms with E-state index in [4.69, 9.17) is 4.74 Å². The van der Waals surface area contributed by atoms with Gasteiger partial charge in [-0.2, -0.15) is 0 Å². The monoisotopic (exact) mass is 299 g/mol. The van der Waals surface area contributed by atoms with Crippen LogP contribution >= 0.6 is 0 Å². The summed E-state index contributed by atoms with van der Waals surface area (Å²) in [6.07, 6.45) is 0.263. The Morgan fingerprint density at radius 1 is 1.23 bits per heavy atom. The van der Waals surface area contributed by atoms with Crippen LogP contribution in [0.4, 0.5) is 5.69 Å². The fraction of sp³-hybridized carbons (Fsp3) is 0.278. The lowest BCUT2D eigenvalue weighted by Gasteiger charge is -2.11. The zero-order valence-electron chi connectivity index (χ0n) is 12.9. The van der Waals surface area contributed by atoms with Crippen molar-refractivity contribution in [2.45, 2.75) is 33.0 Å². The van der Waals surface area contributed by atoms with E-state index in [1.807, 2.05) is 55.5 Å². The zero-order chi connectivity index (χ0) is 15.9. The minimum absolute atomic E-state index is 0.0943. The van der Waals surface area contributed by atoms with E-state index >= 15 is 0 Å². The molecule has 2 N–H and O–H groups in total. The van der Waals surface area contributed by atoms with Crippen LogP contribution in [0, 0.1) is 0 Å². The van der Waals surface area contributed by atoms with Crippen LogP contribution in [0.15, 0.2) is 48.5 Å². The molecule has 0 aromatic heterocycles. The van der Waals surface area contributed by atoms with Gasteiger partial charge < -0.3 is 15.2 Å². The summed E-state index contributed by atoms with van der Waals surface area (Å²) in [4.78, 5) is 11.1. The molecule has 4 heteroatoms. The van der Waals surface area contributed by atoms with Crippen LogP contribution in [0.1, 0.15) is 37.5 Å². The summed E-state index contributed by atoms with van der Waals surface area (Å²) in [5, 5.41) is 12.5. The number of anilines is 1. The fourth-order valence-electron chi connectivity index (χ4n) is 2.13. The molecular formula is C18H21NO3. The summed E-state index contributed by atoms with van der Waals surface area (Å²) in [7, 11) is 0. The number of benzene rings is 2. The third-order valence-electron chi connectivity index (χ3n) is 3.30. The van der Waals surface area contributed by atoms with E-state index in [0.717, 1.165) is 22.6 Å². The molecule has 0 aliphatic rings. The number of rotatable bonds is 6. The SMILES string of the molecule is CCC(O)c1ccc(OCc2cccc(NC(C)=O)c2)cc1. The molecule has 2 rings (SSSR count). The first-order valence-electron chi connectivity index (χ1n) is 7.36. The third kappa shape index (κ3) is 4.60. The maximum absolute atomic E-state index is 11.1. The van der Waals surface area contributed by atoms with E-state index in [1.165, 1.54) is 6.92 Å². The molecule has 0 bridgehead atoms. The molecule has 0 fully saturated rings. The Labute approximate surface area is 130 Å². The molecule has 4 nitrogen and oxygen atoms in total. The third-order valence-corrected chi connectivity index (χ3v) is 3.30. The summed E-state index contributed by atoms with van der Waals surface area (Å²) in [6.45, 7) is 3.84. The van der Waals surface area contributed by atoms with Crippen molar-refractivity contribution in [1.82, 2.24) is 0 Å². The second kappa shape index (κ2) is 7.61. The van der Waals surface area contributed by atoms with Crippen molar-refractivity contribution in [3.63, 3.8) is 0 Å². The van der Waals surface area contributed by atoms with Crippen molar-refractivity contribution in [3.05, 3.63) is 59.7 Å². The van der Waals surface area contributed by atoms with Gasteiger partial charge in [0.05, 0.1) is 6.10 Å². The number of nitrogens with one attached hydrogen (secondary N) is 1. The summed E-state index contributed by atoms with van der Waals surface area (Å²) >= 11 is 0. The topological polar surface area (TPSA) is 58.6 Å². The molecule has 1 atom stereocenters. The Balaban J connectivity index is 1.96. The largest absolute Gasteiger partial charge is 0.489 e. The van der Waals surface area contributed by atoms with Gasteiger partial charge in [-0.05, 0) is 41.8 Å². The number of ether oxygens (including phenoxy) is 1. The van der Waals surface area contributed by atoms with Gasteiger partial charge in [-0.3, -0.25) is 4.79 Å². The van der Waals surface area contributed by atoms with Gasteiger partial charge in [0.15, 0.2) is 0 Å². The molecule has 1 unspecified atom stereocenters. The maximum atomic E-state index is 11.1. The van der Waals surface area contributed by atoms with Gasteiger partial charge in [-0.25, -0.2) is 0 Å². The number of aliphatic hydroxyl groups excluding tert-OH is 1. The molecule has 0 radical (unpaired) electrons. The summed E-state index contributed by atoms with van der Waals surface area (Å²) in [6, 6.07) is 15.0. The first-order chi connectivity index (χ1) is 10.6. The number of carbonyl (C=O) groups excluding carboxylic acids is 1. The average molecular weight is 299 g/mol. The van der Waals surface area contributed by atoms with Crippen molar-refractivity contribution in [3.8, 4) is 5.75 Å². The van der Waals surface area contributed by atoms with E-state index in [0.29, 0.717) is 13.0 Å². The normalized spacial score (nSPS) is 11.8. The van der Waals surface area contributed by atoms with E-state index in [9.17, 15) is 9.90 Å². The number of carbonyl (C=O) groups is 1. The van der Waals surface area contributed by atoms with Crippen LogP contribution in [0.25, 0.3) is 0 Å². The highest BCUT2D eigenvalue weighted by atomic mass is 16.5. The summed E-state index contributed by atoms with van der Waals surface area (Å²) in [5.74, 6) is 0.653. The molecular weight excluding hydrogens is 278 g/mol. The minimum atomic E-state index is -0.427. The molecule has 0 heterocycles. The van der Waals surface area contributed by atoms with Crippen molar-refractivity contribution in [2.75, 3.05) is 5.32 Å². The molecule has 0 aliphatic carbocycles. The van der Waals surface area contributed by atoms with Crippen LogP contribution < -0.4 is 10.1 Å². The smallest absolute Gasteiger partial charge is 0.221 e. The van der Waals surface area contributed by atoms with Gasteiger partial charge in [-0.15, -0.1) is 0 Å². The predicted octanol–water partition coefficient (Wildman–Crippen LogP) is 3.67. The van der Waals surface area contributed by atoms with Crippen LogP contribution in [0.2, 0.25) is 0 Å². The first kappa shape index (κ1) is 16.0. The Kier molecular flexibility index (Phi) is 5.55. The molecule has 0 spiro atoms. The highest BCUT2D eigenvalue weighted by Crippen LogP contribution is 2.21. The standard InChI is InChI=1S/C18H21NO3/c1-3-18(21)15-7-9-17(10-8-15)22-12-14-5-4-6-16(11-14)19-13(2)20/h4-11,18,21H,3,12H2,1-2H3,(H,19,20). The van der Waals surface area contributed by atoms with Crippen LogP contribution in [0.3, 0.4) is 0 Å². The summed E-state index contributed by atoms with van der Waals surface area (Å²) in [5.41, 5.74) is 2.63. The number of amides is 1. The van der Waals surface area contributed by atoms with Crippen molar-refractivity contribution in [1.29, 1.82) is 0 Å². The van der Waals surface area contributed by atoms with Gasteiger partial charge in [0, 0.05) is 12.6 Å². The highest BCUT2D eigenvalue weighted by Gasteiger charge is 2.05. The number of hydrogen-bond donors (Lipinski definition) is 2. The lowest BCUT2D eigenvalue weighted by molar-refractivity contribution is -0.114. The first-order valence-corrected chi connectivity index (χ1v) is 7.36. The van der Waals surface area contributed by atoms with E-state index in [-0.39, 0.29) is 5.91 Å². The Morgan fingerprint density at radius 2 is 1.95 bits per heavy atom. The lowest BCUT2D eigenvalue weighted by atomic mass is 10.1. The zero-order valence-corrected chi connectivity index (χ0v) is 12.9. The molecule has 2 aromatic carbocycles. The lowest BCUT2D eigenvalue weighted by Crippen LogP contribution is -2.06. The van der Waals surface area contributed by atoms with Crippen molar-refractivity contribution >= 4 is 11.6 Å². The van der Waals surface area contributed by atoms with Gasteiger partial charge in [0.25, 0.3) is 0 Å².